The van der Waals surface area contributed by atoms with Crippen molar-refractivity contribution in [3.63, 3.8) is 0 Å². The lowest BCUT2D eigenvalue weighted by atomic mass is 9.99. The summed E-state index contributed by atoms with van der Waals surface area (Å²) in [6.07, 6.45) is 27.7. The minimum atomic E-state index is -1.91. The Hall–Kier alpha value is -1.95. The summed E-state index contributed by atoms with van der Waals surface area (Å²) in [5, 5.41) is 56.7. The van der Waals surface area contributed by atoms with Crippen molar-refractivity contribution in [1.82, 2.24) is 35.6 Å². The van der Waals surface area contributed by atoms with Gasteiger partial charge in [0, 0.05) is 32.6 Å². The van der Waals surface area contributed by atoms with Gasteiger partial charge in [-0.25, -0.2) is 0 Å². The molecule has 74 heavy (non-hydrogen) atoms. The Morgan fingerprint density at radius 3 is 1.26 bits per heavy atom. The van der Waals surface area contributed by atoms with Crippen molar-refractivity contribution < 1.29 is 39.9 Å². The van der Waals surface area contributed by atoms with Gasteiger partial charge < -0.3 is 61.1 Å². The van der Waals surface area contributed by atoms with Crippen LogP contribution in [0, 0.1) is 5.92 Å². The molecule has 0 heterocycles. The number of aliphatic hydroxyl groups excluding tert-OH is 5. The SMILES string of the molecule is CCCCCCCCCCC(NC(=O)CCCCCCCCCCCNC(=O)[C@H](O)[C@@H](O)[C@H](O)[C@H](O)CO)C(=O)NCCCCCCC(CN(C)CCCCN(C)CCCC)CN(C)CCCCN(C)CCCC. The molecule has 0 fully saturated rings. The number of hydrogen-bond donors (Lipinski definition) is 8. The molecule has 15 nitrogen and oxygen atoms in total. The Morgan fingerprint density at radius 1 is 0.419 bits per heavy atom. The number of unbranched alkanes of at least 4 members (excludes halogenated alkanes) is 22. The molecule has 0 aliphatic rings. The zero-order chi connectivity index (χ0) is 55.0. The molecule has 5 atom stereocenters. The van der Waals surface area contributed by atoms with Crippen LogP contribution in [0.1, 0.15) is 226 Å². The molecule has 0 aliphatic heterocycles. The third-order valence-corrected chi connectivity index (χ3v) is 14.8. The Balaban J connectivity index is 4.82. The third kappa shape index (κ3) is 42.1. The van der Waals surface area contributed by atoms with Crippen LogP contribution in [0.3, 0.4) is 0 Å². The van der Waals surface area contributed by atoms with Crippen LogP contribution in [-0.2, 0) is 14.4 Å². The zero-order valence-corrected chi connectivity index (χ0v) is 49.1. The average molecular weight is 1060 g/mol. The zero-order valence-electron chi connectivity index (χ0n) is 49.1. The van der Waals surface area contributed by atoms with Crippen molar-refractivity contribution in [1.29, 1.82) is 0 Å². The fourth-order valence-electron chi connectivity index (χ4n) is 9.82. The van der Waals surface area contributed by atoms with E-state index in [1.807, 2.05) is 0 Å². The van der Waals surface area contributed by atoms with Crippen LogP contribution in [0.25, 0.3) is 0 Å². The van der Waals surface area contributed by atoms with Crippen molar-refractivity contribution in [2.45, 2.75) is 257 Å². The van der Waals surface area contributed by atoms with Gasteiger partial charge in [-0.3, -0.25) is 14.4 Å². The first-order valence-electron chi connectivity index (χ1n) is 30.6. The van der Waals surface area contributed by atoms with Crippen molar-refractivity contribution in [3.8, 4) is 0 Å². The summed E-state index contributed by atoms with van der Waals surface area (Å²) in [6, 6.07) is -0.481. The summed E-state index contributed by atoms with van der Waals surface area (Å²) in [7, 11) is 9.15. The molecule has 1 unspecified atom stereocenters. The third-order valence-electron chi connectivity index (χ3n) is 14.8. The first-order valence-corrected chi connectivity index (χ1v) is 30.6. The van der Waals surface area contributed by atoms with Crippen LogP contribution in [-0.4, -0.2) is 194 Å². The van der Waals surface area contributed by atoms with Crippen LogP contribution in [0.5, 0.6) is 0 Å². The van der Waals surface area contributed by atoms with Gasteiger partial charge >= 0.3 is 0 Å². The quantitative estimate of drug-likeness (QED) is 0.0273. The van der Waals surface area contributed by atoms with E-state index in [9.17, 15) is 34.8 Å². The molecule has 0 radical (unpaired) electrons. The van der Waals surface area contributed by atoms with E-state index in [1.165, 1.54) is 135 Å². The molecular weight excluding hydrogens is 935 g/mol. The van der Waals surface area contributed by atoms with Gasteiger partial charge in [-0.2, -0.15) is 0 Å². The normalized spacial score (nSPS) is 14.1. The number of carbonyl (C=O) groups is 3. The van der Waals surface area contributed by atoms with E-state index in [4.69, 9.17) is 5.11 Å². The Kier molecular flexibility index (Phi) is 49.2. The predicted octanol–water partition coefficient (Wildman–Crippen LogP) is 8.03. The molecule has 0 aliphatic carbocycles. The smallest absolute Gasteiger partial charge is 0.251 e. The fraction of sp³-hybridized carbons (Fsp3) is 0.949. The standard InChI is InChI=1S/C59H121N7O8/c1-8-11-14-15-16-20-23-29-38-52(62-54(69)39-30-24-21-18-17-19-22-26-31-41-61-59(74)57(72)56(71)55(70)53(68)50-67)58(73)60-40-32-27-25-28-37-51(48-65(6)46-35-33-44-63(4)42-12-9-2)49-66(7)47-36-34-45-64(5)43-13-10-3/h51-53,55-57,67-68,70-72H,8-50H2,1-7H3,(H,60,73)(H,61,74)(H,62,69)/t52?,53-,55-,56+,57-/m1/s1. The van der Waals surface area contributed by atoms with Crippen LogP contribution in [0.2, 0.25) is 0 Å². The van der Waals surface area contributed by atoms with Crippen LogP contribution < -0.4 is 16.0 Å². The lowest BCUT2D eigenvalue weighted by molar-refractivity contribution is -0.148. The molecule has 0 aromatic heterocycles. The highest BCUT2D eigenvalue weighted by atomic mass is 16.4. The highest BCUT2D eigenvalue weighted by molar-refractivity contribution is 5.87. The highest BCUT2D eigenvalue weighted by Crippen LogP contribution is 2.17. The molecule has 0 aromatic carbocycles. The molecule has 0 bridgehead atoms. The first kappa shape index (κ1) is 72.0. The van der Waals surface area contributed by atoms with E-state index in [2.05, 4.69) is 84.5 Å². The lowest BCUT2D eigenvalue weighted by Crippen LogP contribution is -2.51. The molecule has 0 saturated carbocycles. The number of nitrogens with one attached hydrogen (secondary N) is 3. The van der Waals surface area contributed by atoms with E-state index < -0.39 is 43.0 Å². The minimum Gasteiger partial charge on any atom is -0.394 e. The molecule has 0 saturated heterocycles. The van der Waals surface area contributed by atoms with E-state index in [0.29, 0.717) is 38.3 Å². The summed E-state index contributed by atoms with van der Waals surface area (Å²) in [6.45, 7) is 16.3. The predicted molar refractivity (Wildman–Crippen MR) is 307 cm³/mol. The monoisotopic (exact) mass is 1060 g/mol. The Morgan fingerprint density at radius 2 is 0.797 bits per heavy atom. The molecule has 0 rings (SSSR count). The van der Waals surface area contributed by atoms with E-state index >= 15 is 0 Å². The van der Waals surface area contributed by atoms with Gasteiger partial charge in [0.05, 0.1) is 6.61 Å². The van der Waals surface area contributed by atoms with Gasteiger partial charge in [0.2, 0.25) is 11.8 Å². The van der Waals surface area contributed by atoms with Crippen LogP contribution in [0.4, 0.5) is 0 Å². The van der Waals surface area contributed by atoms with Crippen molar-refractivity contribution in [3.05, 3.63) is 0 Å². The van der Waals surface area contributed by atoms with E-state index in [0.717, 1.165) is 103 Å². The second kappa shape index (κ2) is 50.5. The molecule has 8 N–H and O–H groups in total. The number of nitrogens with zero attached hydrogens (tertiary/aromatic N) is 4. The number of aliphatic hydroxyl groups is 5. The maximum Gasteiger partial charge on any atom is 0.251 e. The number of hydrogen-bond acceptors (Lipinski definition) is 12. The maximum absolute atomic E-state index is 13.5. The average Bonchev–Trinajstić information content (AvgIpc) is 3.38. The molecule has 440 valence electrons. The second-order valence-electron chi connectivity index (χ2n) is 22.4. The summed E-state index contributed by atoms with van der Waals surface area (Å²) in [5.41, 5.74) is 0. The van der Waals surface area contributed by atoms with Crippen LogP contribution in [0.15, 0.2) is 0 Å². The number of amides is 3. The van der Waals surface area contributed by atoms with E-state index in [-0.39, 0.29) is 11.8 Å². The minimum absolute atomic E-state index is 0.0337. The van der Waals surface area contributed by atoms with Crippen molar-refractivity contribution >= 4 is 17.7 Å². The molecule has 0 spiro atoms. The summed E-state index contributed by atoms with van der Waals surface area (Å²) >= 11 is 0. The molecule has 3 amide bonds. The second-order valence-corrected chi connectivity index (χ2v) is 22.4. The van der Waals surface area contributed by atoms with Gasteiger partial charge in [0.1, 0.15) is 24.4 Å². The molecule has 0 aromatic rings. The van der Waals surface area contributed by atoms with E-state index in [1.54, 1.807) is 0 Å². The van der Waals surface area contributed by atoms with Gasteiger partial charge in [0.15, 0.2) is 6.10 Å². The number of rotatable bonds is 55. The van der Waals surface area contributed by atoms with Gasteiger partial charge in [-0.15, -0.1) is 0 Å². The largest absolute Gasteiger partial charge is 0.394 e. The summed E-state index contributed by atoms with van der Waals surface area (Å²) < 4.78 is 0. The Bertz CT molecular complexity index is 1260. The topological polar surface area (TPSA) is 201 Å². The lowest BCUT2D eigenvalue weighted by Gasteiger charge is -2.28. The fourth-order valence-corrected chi connectivity index (χ4v) is 9.82. The maximum atomic E-state index is 13.5. The van der Waals surface area contributed by atoms with Crippen molar-refractivity contribution in [2.24, 2.45) is 5.92 Å². The number of carbonyl (C=O) groups excluding carboxylic acids is 3. The Labute approximate surface area is 454 Å². The molecular formula is C59H121N7O8. The van der Waals surface area contributed by atoms with Crippen molar-refractivity contribution in [2.75, 3.05) is 100 Å². The summed E-state index contributed by atoms with van der Waals surface area (Å²) in [5.74, 6) is -0.264. The first-order chi connectivity index (χ1) is 35.7. The highest BCUT2D eigenvalue weighted by Gasteiger charge is 2.34. The van der Waals surface area contributed by atoms with Gasteiger partial charge in [-0.1, -0.05) is 149 Å². The van der Waals surface area contributed by atoms with Gasteiger partial charge in [-0.05, 0) is 144 Å². The van der Waals surface area contributed by atoms with Gasteiger partial charge in [0.25, 0.3) is 5.91 Å². The van der Waals surface area contributed by atoms with Crippen LogP contribution >= 0.6 is 0 Å². The summed E-state index contributed by atoms with van der Waals surface area (Å²) in [4.78, 5) is 48.9. The molecule has 15 heteroatoms.